The lowest BCUT2D eigenvalue weighted by molar-refractivity contribution is 0.223. The number of benzene rings is 1. The molecule has 1 fully saturated rings. The Balaban J connectivity index is 1.71. The van der Waals surface area contributed by atoms with E-state index in [4.69, 9.17) is 9.26 Å². The highest BCUT2D eigenvalue weighted by Gasteiger charge is 2.16. The lowest BCUT2D eigenvalue weighted by atomic mass is 10.2. The van der Waals surface area contributed by atoms with Crippen LogP contribution in [0.2, 0.25) is 0 Å². The third kappa shape index (κ3) is 2.82. The second-order valence-electron chi connectivity index (χ2n) is 5.37. The second kappa shape index (κ2) is 5.63. The minimum absolute atomic E-state index is 0.244. The highest BCUT2D eigenvalue weighted by molar-refractivity contribution is 5.55. The summed E-state index contributed by atoms with van der Waals surface area (Å²) in [5, 5.41) is 7.29. The summed E-state index contributed by atoms with van der Waals surface area (Å²) >= 11 is 0. The van der Waals surface area contributed by atoms with E-state index in [9.17, 15) is 0 Å². The quantitative estimate of drug-likeness (QED) is 0.927. The van der Waals surface area contributed by atoms with Crippen LogP contribution >= 0.6 is 0 Å². The van der Waals surface area contributed by atoms with Crippen LogP contribution in [0.4, 0.5) is 0 Å². The number of nitrogens with zero attached hydrogens (tertiary/aromatic N) is 2. The summed E-state index contributed by atoms with van der Waals surface area (Å²) in [5.74, 6) is 2.42. The summed E-state index contributed by atoms with van der Waals surface area (Å²) in [4.78, 5) is 4.38. The van der Waals surface area contributed by atoms with Crippen molar-refractivity contribution in [2.45, 2.75) is 32.3 Å². The molecule has 0 bridgehead atoms. The molecule has 0 amide bonds. The van der Waals surface area contributed by atoms with Gasteiger partial charge in [-0.1, -0.05) is 19.0 Å². The molecule has 0 aliphatic carbocycles. The minimum atomic E-state index is 0.244. The van der Waals surface area contributed by atoms with Gasteiger partial charge in [-0.05, 0) is 37.2 Å². The fourth-order valence-corrected chi connectivity index (χ4v) is 2.19. The van der Waals surface area contributed by atoms with Crippen LogP contribution in [-0.2, 0) is 0 Å². The molecule has 20 heavy (non-hydrogen) atoms. The summed E-state index contributed by atoms with van der Waals surface area (Å²) in [6.45, 7) is 6.02. The highest BCUT2D eigenvalue weighted by Crippen LogP contribution is 2.23. The molecule has 1 aromatic carbocycles. The van der Waals surface area contributed by atoms with Gasteiger partial charge in [0, 0.05) is 18.0 Å². The monoisotopic (exact) mass is 273 g/mol. The molecule has 0 radical (unpaired) electrons. The average molecular weight is 273 g/mol. The SMILES string of the molecule is CC(C)c1nc(-c2ccc(OC3CCNC3)cc2)no1. The van der Waals surface area contributed by atoms with E-state index in [1.165, 1.54) is 0 Å². The Hall–Kier alpha value is -1.88. The number of nitrogens with one attached hydrogen (secondary N) is 1. The van der Waals surface area contributed by atoms with E-state index in [-0.39, 0.29) is 12.0 Å². The number of hydrogen-bond acceptors (Lipinski definition) is 5. The largest absolute Gasteiger partial charge is 0.489 e. The Morgan fingerprint density at radius 1 is 1.30 bits per heavy atom. The van der Waals surface area contributed by atoms with E-state index in [1.54, 1.807) is 0 Å². The van der Waals surface area contributed by atoms with Crippen molar-refractivity contribution in [1.29, 1.82) is 0 Å². The Labute approximate surface area is 118 Å². The normalized spacial score (nSPS) is 18.6. The molecule has 1 aliphatic rings. The molecule has 5 heteroatoms. The van der Waals surface area contributed by atoms with E-state index in [2.05, 4.69) is 15.5 Å². The topological polar surface area (TPSA) is 60.2 Å². The Bertz CT molecular complexity index is 557. The van der Waals surface area contributed by atoms with Crippen LogP contribution in [0.5, 0.6) is 5.75 Å². The van der Waals surface area contributed by atoms with E-state index >= 15 is 0 Å². The fraction of sp³-hybridized carbons (Fsp3) is 0.467. The van der Waals surface area contributed by atoms with Gasteiger partial charge in [-0.25, -0.2) is 0 Å². The number of aromatic nitrogens is 2. The van der Waals surface area contributed by atoms with Crippen LogP contribution in [-0.4, -0.2) is 29.3 Å². The zero-order chi connectivity index (χ0) is 13.9. The predicted molar refractivity (Wildman–Crippen MR) is 75.7 cm³/mol. The molecule has 3 rings (SSSR count). The predicted octanol–water partition coefficient (Wildman–Crippen LogP) is 2.60. The molecule has 2 heterocycles. The van der Waals surface area contributed by atoms with E-state index in [1.807, 2.05) is 38.1 Å². The smallest absolute Gasteiger partial charge is 0.229 e. The molecule has 1 unspecified atom stereocenters. The molecule has 1 aromatic heterocycles. The van der Waals surface area contributed by atoms with E-state index < -0.39 is 0 Å². The van der Waals surface area contributed by atoms with E-state index in [0.29, 0.717) is 11.7 Å². The van der Waals surface area contributed by atoms with Crippen molar-refractivity contribution >= 4 is 0 Å². The van der Waals surface area contributed by atoms with Crippen LogP contribution in [0.1, 0.15) is 32.1 Å². The van der Waals surface area contributed by atoms with Crippen molar-refractivity contribution in [2.75, 3.05) is 13.1 Å². The minimum Gasteiger partial charge on any atom is -0.489 e. The maximum atomic E-state index is 5.88. The van der Waals surface area contributed by atoms with Gasteiger partial charge in [0.1, 0.15) is 11.9 Å². The van der Waals surface area contributed by atoms with Crippen molar-refractivity contribution in [3.05, 3.63) is 30.2 Å². The number of rotatable bonds is 4. The lowest BCUT2D eigenvalue weighted by Gasteiger charge is -2.12. The molecule has 106 valence electrons. The molecular formula is C15H19N3O2. The fourth-order valence-electron chi connectivity index (χ4n) is 2.19. The highest BCUT2D eigenvalue weighted by atomic mass is 16.5. The lowest BCUT2D eigenvalue weighted by Crippen LogP contribution is -2.19. The molecular weight excluding hydrogens is 254 g/mol. The Kier molecular flexibility index (Phi) is 3.69. The number of hydrogen-bond donors (Lipinski definition) is 1. The molecule has 2 aromatic rings. The molecule has 1 saturated heterocycles. The molecule has 0 saturated carbocycles. The van der Waals surface area contributed by atoms with Gasteiger partial charge in [-0.3, -0.25) is 0 Å². The van der Waals surface area contributed by atoms with Crippen LogP contribution in [0, 0.1) is 0 Å². The average Bonchev–Trinajstić information content (AvgIpc) is 3.10. The van der Waals surface area contributed by atoms with E-state index in [0.717, 1.165) is 30.8 Å². The Morgan fingerprint density at radius 3 is 2.70 bits per heavy atom. The van der Waals surface area contributed by atoms with Gasteiger partial charge in [0.05, 0.1) is 0 Å². The van der Waals surface area contributed by atoms with Crippen molar-refractivity contribution in [3.8, 4) is 17.1 Å². The maximum Gasteiger partial charge on any atom is 0.229 e. The number of ether oxygens (including phenoxy) is 1. The molecule has 0 spiro atoms. The van der Waals surface area contributed by atoms with Gasteiger partial charge < -0.3 is 14.6 Å². The van der Waals surface area contributed by atoms with Crippen molar-refractivity contribution < 1.29 is 9.26 Å². The summed E-state index contributed by atoms with van der Waals surface area (Å²) in [6.07, 6.45) is 1.34. The third-order valence-electron chi connectivity index (χ3n) is 3.37. The second-order valence-corrected chi connectivity index (χ2v) is 5.37. The molecule has 1 aliphatic heterocycles. The van der Waals surface area contributed by atoms with Gasteiger partial charge in [-0.15, -0.1) is 0 Å². The van der Waals surface area contributed by atoms with Crippen LogP contribution < -0.4 is 10.1 Å². The molecule has 1 N–H and O–H groups in total. The standard InChI is InChI=1S/C15H19N3O2/c1-10(2)15-17-14(18-20-15)11-3-5-12(6-4-11)19-13-7-8-16-9-13/h3-6,10,13,16H,7-9H2,1-2H3. The molecule has 1 atom stereocenters. The zero-order valence-electron chi connectivity index (χ0n) is 11.8. The first kappa shape index (κ1) is 13.1. The third-order valence-corrected chi connectivity index (χ3v) is 3.37. The maximum absolute atomic E-state index is 5.88. The first-order valence-electron chi connectivity index (χ1n) is 7.04. The van der Waals surface area contributed by atoms with Crippen molar-refractivity contribution in [3.63, 3.8) is 0 Å². The Morgan fingerprint density at radius 2 is 2.10 bits per heavy atom. The summed E-state index contributed by atoms with van der Waals surface area (Å²) in [6, 6.07) is 7.84. The molecule has 5 nitrogen and oxygen atoms in total. The van der Waals surface area contributed by atoms with Crippen LogP contribution in [0.15, 0.2) is 28.8 Å². The van der Waals surface area contributed by atoms with Gasteiger partial charge >= 0.3 is 0 Å². The summed E-state index contributed by atoms with van der Waals surface area (Å²) in [7, 11) is 0. The summed E-state index contributed by atoms with van der Waals surface area (Å²) in [5.41, 5.74) is 0.942. The van der Waals surface area contributed by atoms with Gasteiger partial charge in [0.15, 0.2) is 0 Å². The first-order chi connectivity index (χ1) is 9.72. The van der Waals surface area contributed by atoms with Crippen molar-refractivity contribution in [1.82, 2.24) is 15.5 Å². The van der Waals surface area contributed by atoms with Gasteiger partial charge in [0.2, 0.25) is 11.7 Å². The van der Waals surface area contributed by atoms with Gasteiger partial charge in [-0.2, -0.15) is 4.98 Å². The van der Waals surface area contributed by atoms with Crippen LogP contribution in [0.3, 0.4) is 0 Å². The zero-order valence-corrected chi connectivity index (χ0v) is 11.8. The van der Waals surface area contributed by atoms with Crippen LogP contribution in [0.25, 0.3) is 11.4 Å². The first-order valence-corrected chi connectivity index (χ1v) is 7.04. The van der Waals surface area contributed by atoms with Crippen molar-refractivity contribution in [2.24, 2.45) is 0 Å². The van der Waals surface area contributed by atoms with Gasteiger partial charge in [0.25, 0.3) is 0 Å². The summed E-state index contributed by atoms with van der Waals surface area (Å²) < 4.78 is 11.1.